The summed E-state index contributed by atoms with van der Waals surface area (Å²) >= 11 is 1.34. The van der Waals surface area contributed by atoms with Crippen molar-refractivity contribution < 1.29 is 19.4 Å². The molecule has 1 aromatic heterocycles. The standard InChI is InChI=1S/C10H14N2O4S/c1-6-8(9(15)16-3)11-10(17-6)12(2)5-4-7(13)14/h4-5H2,1-3H3,(H,13,14). The summed E-state index contributed by atoms with van der Waals surface area (Å²) in [6, 6.07) is 0. The molecule has 6 nitrogen and oxygen atoms in total. The van der Waals surface area contributed by atoms with E-state index in [1.807, 2.05) is 0 Å². The number of nitrogens with zero attached hydrogens (tertiary/aromatic N) is 2. The molecule has 1 rings (SSSR count). The maximum Gasteiger partial charge on any atom is 0.357 e. The number of ether oxygens (including phenoxy) is 1. The van der Waals surface area contributed by atoms with E-state index in [1.165, 1.54) is 18.4 Å². The highest BCUT2D eigenvalue weighted by molar-refractivity contribution is 7.15. The van der Waals surface area contributed by atoms with Crippen LogP contribution in [0.2, 0.25) is 0 Å². The van der Waals surface area contributed by atoms with Gasteiger partial charge in [-0.05, 0) is 6.92 Å². The van der Waals surface area contributed by atoms with Crippen LogP contribution in [0.15, 0.2) is 0 Å². The maximum atomic E-state index is 11.3. The fourth-order valence-corrected chi connectivity index (χ4v) is 2.07. The number of hydrogen-bond donors (Lipinski definition) is 1. The van der Waals surface area contributed by atoms with Crippen molar-refractivity contribution in [3.05, 3.63) is 10.6 Å². The highest BCUT2D eigenvalue weighted by atomic mass is 32.1. The number of aryl methyl sites for hydroxylation is 1. The first kappa shape index (κ1) is 13.4. The predicted molar refractivity (Wildman–Crippen MR) is 63.7 cm³/mol. The van der Waals surface area contributed by atoms with E-state index in [0.717, 1.165) is 4.88 Å². The molecular formula is C10H14N2O4S. The number of carboxylic acid groups (broad SMARTS) is 1. The van der Waals surface area contributed by atoms with E-state index in [1.54, 1.807) is 18.9 Å². The molecule has 17 heavy (non-hydrogen) atoms. The molecule has 0 aromatic carbocycles. The molecule has 0 unspecified atom stereocenters. The summed E-state index contributed by atoms with van der Waals surface area (Å²) in [5, 5.41) is 9.19. The molecule has 0 atom stereocenters. The zero-order valence-corrected chi connectivity index (χ0v) is 10.7. The lowest BCUT2D eigenvalue weighted by atomic mass is 10.4. The quantitative estimate of drug-likeness (QED) is 0.798. The summed E-state index contributed by atoms with van der Waals surface area (Å²) in [6.07, 6.45) is 0.0304. The molecule has 0 amide bonds. The van der Waals surface area contributed by atoms with E-state index in [2.05, 4.69) is 9.72 Å². The molecule has 0 bridgehead atoms. The van der Waals surface area contributed by atoms with Crippen LogP contribution in [0.3, 0.4) is 0 Å². The molecular weight excluding hydrogens is 244 g/mol. The van der Waals surface area contributed by atoms with Crippen molar-refractivity contribution in [2.45, 2.75) is 13.3 Å². The fourth-order valence-electron chi connectivity index (χ4n) is 1.19. The lowest BCUT2D eigenvalue weighted by Gasteiger charge is -2.13. The number of aromatic nitrogens is 1. The van der Waals surface area contributed by atoms with Gasteiger partial charge in [0.05, 0.1) is 13.5 Å². The topological polar surface area (TPSA) is 79.7 Å². The Bertz CT molecular complexity index is 430. The van der Waals surface area contributed by atoms with Crippen LogP contribution in [0.25, 0.3) is 0 Å². The minimum atomic E-state index is -0.863. The molecule has 0 aliphatic carbocycles. The molecule has 0 aliphatic rings. The van der Waals surface area contributed by atoms with Crippen molar-refractivity contribution in [1.82, 2.24) is 4.98 Å². The molecule has 0 aliphatic heterocycles. The third-order valence-corrected chi connectivity index (χ3v) is 3.24. The number of esters is 1. The van der Waals surface area contributed by atoms with Gasteiger partial charge in [0.2, 0.25) is 0 Å². The Kier molecular flexibility index (Phi) is 4.45. The summed E-state index contributed by atoms with van der Waals surface area (Å²) in [4.78, 5) is 28.4. The summed E-state index contributed by atoms with van der Waals surface area (Å²) in [7, 11) is 3.04. The fraction of sp³-hybridized carbons (Fsp3) is 0.500. The molecule has 0 saturated carbocycles. The van der Waals surface area contributed by atoms with Crippen molar-refractivity contribution in [2.75, 3.05) is 25.6 Å². The van der Waals surface area contributed by atoms with Crippen molar-refractivity contribution in [3.63, 3.8) is 0 Å². The smallest absolute Gasteiger partial charge is 0.357 e. The number of methoxy groups -OCH3 is 1. The number of hydrogen-bond acceptors (Lipinski definition) is 6. The monoisotopic (exact) mass is 258 g/mol. The number of anilines is 1. The Labute approximate surface area is 103 Å². The van der Waals surface area contributed by atoms with Gasteiger partial charge in [-0.1, -0.05) is 0 Å². The third kappa shape index (κ3) is 3.42. The predicted octanol–water partition coefficient (Wildman–Crippen LogP) is 1.15. The first-order valence-corrected chi connectivity index (χ1v) is 5.76. The van der Waals surface area contributed by atoms with Gasteiger partial charge in [0.1, 0.15) is 0 Å². The molecule has 1 heterocycles. The molecule has 94 valence electrons. The van der Waals surface area contributed by atoms with E-state index in [9.17, 15) is 9.59 Å². The molecule has 0 saturated heterocycles. The number of carboxylic acids is 1. The number of carbonyl (C=O) groups is 2. The Morgan fingerprint density at radius 3 is 2.71 bits per heavy atom. The second-order valence-electron chi connectivity index (χ2n) is 3.46. The van der Waals surface area contributed by atoms with Crippen LogP contribution in [0, 0.1) is 6.92 Å². The first-order chi connectivity index (χ1) is 7.95. The van der Waals surface area contributed by atoms with Crippen LogP contribution in [-0.2, 0) is 9.53 Å². The van der Waals surface area contributed by atoms with Crippen molar-refractivity contribution in [2.24, 2.45) is 0 Å². The van der Waals surface area contributed by atoms with Crippen molar-refractivity contribution in [3.8, 4) is 0 Å². The Hall–Kier alpha value is -1.63. The number of thiazole rings is 1. The number of carbonyl (C=O) groups excluding carboxylic acids is 1. The van der Waals surface area contributed by atoms with E-state index in [-0.39, 0.29) is 12.1 Å². The molecule has 0 radical (unpaired) electrons. The molecule has 7 heteroatoms. The number of aliphatic carboxylic acids is 1. The SMILES string of the molecule is COC(=O)c1nc(N(C)CCC(=O)O)sc1C. The lowest BCUT2D eigenvalue weighted by Crippen LogP contribution is -2.21. The van der Waals surface area contributed by atoms with Crippen LogP contribution >= 0.6 is 11.3 Å². The molecule has 1 aromatic rings. The van der Waals surface area contributed by atoms with Crippen LogP contribution in [0.4, 0.5) is 5.13 Å². The zero-order valence-electron chi connectivity index (χ0n) is 9.89. The van der Waals surface area contributed by atoms with Crippen LogP contribution in [-0.4, -0.2) is 42.7 Å². The van der Waals surface area contributed by atoms with Crippen LogP contribution in [0.5, 0.6) is 0 Å². The van der Waals surface area contributed by atoms with Gasteiger partial charge in [-0.25, -0.2) is 9.78 Å². The minimum Gasteiger partial charge on any atom is -0.481 e. The second-order valence-corrected chi connectivity index (χ2v) is 4.64. The van der Waals surface area contributed by atoms with Gasteiger partial charge in [-0.15, -0.1) is 11.3 Å². The van der Waals surface area contributed by atoms with Crippen LogP contribution in [0.1, 0.15) is 21.8 Å². The minimum absolute atomic E-state index is 0.0304. The van der Waals surface area contributed by atoms with Gasteiger partial charge < -0.3 is 14.7 Å². The lowest BCUT2D eigenvalue weighted by molar-refractivity contribution is -0.136. The molecule has 1 N–H and O–H groups in total. The first-order valence-electron chi connectivity index (χ1n) is 4.94. The summed E-state index contributed by atoms with van der Waals surface area (Å²) < 4.78 is 4.60. The largest absolute Gasteiger partial charge is 0.481 e. The van der Waals surface area contributed by atoms with Crippen molar-refractivity contribution >= 4 is 28.4 Å². The van der Waals surface area contributed by atoms with Gasteiger partial charge in [0.15, 0.2) is 10.8 Å². The van der Waals surface area contributed by atoms with Gasteiger partial charge >= 0.3 is 11.9 Å². The summed E-state index contributed by atoms with van der Waals surface area (Å²) in [5.41, 5.74) is 0.287. The normalized spacial score (nSPS) is 10.1. The third-order valence-electron chi connectivity index (χ3n) is 2.15. The summed E-state index contributed by atoms with van der Waals surface area (Å²) in [6.45, 7) is 2.13. The van der Waals surface area contributed by atoms with Crippen LogP contribution < -0.4 is 4.90 Å². The van der Waals surface area contributed by atoms with E-state index in [0.29, 0.717) is 11.7 Å². The van der Waals surface area contributed by atoms with E-state index in [4.69, 9.17) is 5.11 Å². The van der Waals surface area contributed by atoms with E-state index < -0.39 is 11.9 Å². The van der Waals surface area contributed by atoms with Gasteiger partial charge in [0.25, 0.3) is 0 Å². The highest BCUT2D eigenvalue weighted by Crippen LogP contribution is 2.25. The average molecular weight is 258 g/mol. The molecule has 0 spiro atoms. The summed E-state index contributed by atoms with van der Waals surface area (Å²) in [5.74, 6) is -1.34. The zero-order chi connectivity index (χ0) is 13.0. The van der Waals surface area contributed by atoms with Gasteiger partial charge in [0, 0.05) is 18.5 Å². The maximum absolute atomic E-state index is 11.3. The van der Waals surface area contributed by atoms with Gasteiger partial charge in [-0.3, -0.25) is 4.79 Å². The average Bonchev–Trinajstić information content (AvgIpc) is 2.67. The Balaban J connectivity index is 2.78. The Morgan fingerprint density at radius 1 is 1.53 bits per heavy atom. The second kappa shape index (κ2) is 5.62. The van der Waals surface area contributed by atoms with E-state index >= 15 is 0 Å². The van der Waals surface area contributed by atoms with Crippen molar-refractivity contribution in [1.29, 1.82) is 0 Å². The molecule has 0 fully saturated rings. The highest BCUT2D eigenvalue weighted by Gasteiger charge is 2.17. The number of rotatable bonds is 5. The Morgan fingerprint density at radius 2 is 2.18 bits per heavy atom. The van der Waals surface area contributed by atoms with Gasteiger partial charge in [-0.2, -0.15) is 0 Å².